The molecule has 0 saturated carbocycles. The molecule has 0 bridgehead atoms. The van der Waals surface area contributed by atoms with Crippen molar-refractivity contribution in [2.24, 2.45) is 0 Å². The Morgan fingerprint density at radius 2 is 2.10 bits per heavy atom. The van der Waals surface area contributed by atoms with Crippen LogP contribution in [0.3, 0.4) is 0 Å². The summed E-state index contributed by atoms with van der Waals surface area (Å²) in [4.78, 5) is 24.5. The van der Waals surface area contributed by atoms with Gasteiger partial charge in [0.25, 0.3) is 17.6 Å². The maximum Gasteiger partial charge on any atom is 0.316 e. The van der Waals surface area contributed by atoms with E-state index in [4.69, 9.17) is 4.74 Å². The molecule has 0 N–H and O–H groups in total. The highest BCUT2D eigenvalue weighted by Gasteiger charge is 2.27. The van der Waals surface area contributed by atoms with Crippen LogP contribution >= 0.6 is 27.9 Å². The largest absolute Gasteiger partial charge is 0.466 e. The van der Waals surface area contributed by atoms with E-state index in [-0.39, 0.29) is 6.42 Å². The molecule has 1 aromatic carbocycles. The minimum atomic E-state index is -0.408. The number of nitroso groups, excluding NO2 is 1. The quantitative estimate of drug-likeness (QED) is 0.466. The predicted octanol–water partition coefficient (Wildman–Crippen LogP) is 4.06. The average Bonchev–Trinajstić information content (AvgIpc) is 2.39. The number of carbonyl (C=O) groups excluding carboxylic acids is 1. The van der Waals surface area contributed by atoms with Crippen LogP contribution in [-0.4, -0.2) is 16.7 Å². The van der Waals surface area contributed by atoms with Crippen molar-refractivity contribution >= 4 is 39.9 Å². The van der Waals surface area contributed by atoms with Crippen LogP contribution in [0, 0.1) is 4.91 Å². The monoisotopic (exact) mass is 354 g/mol. The fourth-order valence-electron chi connectivity index (χ4n) is 1.71. The maximum atomic E-state index is 12.2. The third kappa shape index (κ3) is 3.80. The van der Waals surface area contributed by atoms with Crippen molar-refractivity contribution in [1.29, 1.82) is 0 Å². The first-order valence-corrected chi connectivity index (χ1v) is 7.64. The lowest BCUT2D eigenvalue weighted by Crippen LogP contribution is -2.10. The summed E-state index contributed by atoms with van der Waals surface area (Å²) in [6.07, 6.45) is 3.52. The van der Waals surface area contributed by atoms with Gasteiger partial charge in [0, 0.05) is 15.5 Å². The SMILES string of the molecule is CCOC(=O)C/C1=C/C(Br)=C\c2ccccc2S[N+]1=O. The molecule has 4 nitrogen and oxygen atoms in total. The Morgan fingerprint density at radius 1 is 1.35 bits per heavy atom. The van der Waals surface area contributed by atoms with Crippen LogP contribution in [0.4, 0.5) is 0 Å². The molecular formula is C14H13BrNO3S+. The smallest absolute Gasteiger partial charge is 0.316 e. The minimum absolute atomic E-state index is 0.0462. The zero-order valence-corrected chi connectivity index (χ0v) is 13.2. The summed E-state index contributed by atoms with van der Waals surface area (Å²) >= 11 is 4.45. The van der Waals surface area contributed by atoms with E-state index in [9.17, 15) is 9.70 Å². The molecule has 20 heavy (non-hydrogen) atoms. The first-order valence-electron chi connectivity index (χ1n) is 6.08. The lowest BCUT2D eigenvalue weighted by molar-refractivity contribution is -0.313. The van der Waals surface area contributed by atoms with E-state index in [0.717, 1.165) is 31.1 Å². The molecule has 0 spiro atoms. The number of hydrogen-bond donors (Lipinski definition) is 0. The van der Waals surface area contributed by atoms with E-state index in [1.165, 1.54) is 0 Å². The van der Waals surface area contributed by atoms with Gasteiger partial charge >= 0.3 is 5.97 Å². The van der Waals surface area contributed by atoms with Gasteiger partial charge in [-0.05, 0) is 24.6 Å². The molecule has 6 heteroatoms. The molecule has 1 aliphatic rings. The number of allylic oxidation sites excluding steroid dienone is 2. The van der Waals surface area contributed by atoms with Crippen LogP contribution in [0.1, 0.15) is 18.9 Å². The Morgan fingerprint density at radius 3 is 2.85 bits per heavy atom. The first-order chi connectivity index (χ1) is 9.60. The maximum absolute atomic E-state index is 12.2. The molecule has 0 aromatic heterocycles. The summed E-state index contributed by atoms with van der Waals surface area (Å²) < 4.78 is 6.38. The zero-order chi connectivity index (χ0) is 14.5. The normalized spacial score (nSPS) is 19.8. The zero-order valence-electron chi connectivity index (χ0n) is 10.8. The van der Waals surface area contributed by atoms with Gasteiger partial charge in [0.05, 0.1) is 11.5 Å². The third-order valence-corrected chi connectivity index (χ3v) is 3.99. The van der Waals surface area contributed by atoms with E-state index in [2.05, 4.69) is 15.9 Å². The Bertz CT molecular complexity index is 610. The Balaban J connectivity index is 2.31. The number of esters is 1. The summed E-state index contributed by atoms with van der Waals surface area (Å²) in [6.45, 7) is 2.04. The molecule has 0 radical (unpaired) electrons. The van der Waals surface area contributed by atoms with E-state index in [0.29, 0.717) is 12.3 Å². The van der Waals surface area contributed by atoms with Crippen LogP contribution in [0.2, 0.25) is 0 Å². The summed E-state index contributed by atoms with van der Waals surface area (Å²) in [5, 5.41) is 0. The minimum Gasteiger partial charge on any atom is -0.466 e. The van der Waals surface area contributed by atoms with Gasteiger partial charge in [0.2, 0.25) is 0 Å². The molecule has 0 aliphatic carbocycles. The van der Waals surface area contributed by atoms with Gasteiger partial charge in [-0.25, -0.2) is 0 Å². The number of halogens is 1. The van der Waals surface area contributed by atoms with Gasteiger partial charge < -0.3 is 4.74 Å². The van der Waals surface area contributed by atoms with E-state index in [1.807, 2.05) is 30.3 Å². The van der Waals surface area contributed by atoms with E-state index in [1.54, 1.807) is 13.0 Å². The predicted molar refractivity (Wildman–Crippen MR) is 82.2 cm³/mol. The van der Waals surface area contributed by atoms with Crippen LogP contribution in [-0.2, 0) is 9.53 Å². The molecule has 1 aromatic rings. The number of rotatable bonds is 3. The van der Waals surface area contributed by atoms with Gasteiger partial charge in [-0.15, -0.1) is 0 Å². The first kappa shape index (κ1) is 15.0. The molecule has 0 unspecified atom stereocenters. The van der Waals surface area contributed by atoms with Crippen LogP contribution in [0.5, 0.6) is 0 Å². The van der Waals surface area contributed by atoms with E-state index >= 15 is 0 Å². The highest BCUT2D eigenvalue weighted by molar-refractivity contribution is 9.12. The van der Waals surface area contributed by atoms with Crippen molar-refractivity contribution in [3.05, 3.63) is 51.0 Å². The summed E-state index contributed by atoms with van der Waals surface area (Å²) in [6, 6.07) is 7.59. The second-order valence-corrected chi connectivity index (χ2v) is 5.90. The molecule has 0 amide bonds. The Labute approximate surface area is 129 Å². The second kappa shape index (κ2) is 6.85. The van der Waals surface area contributed by atoms with Gasteiger partial charge in [0.15, 0.2) is 0 Å². The number of fused-ring (bicyclic) bond motifs is 1. The molecule has 0 fully saturated rings. The van der Waals surface area contributed by atoms with Crippen LogP contribution in [0.25, 0.3) is 6.08 Å². The molecule has 0 atom stereocenters. The molecule has 1 heterocycles. The van der Waals surface area contributed by atoms with Crippen LogP contribution < -0.4 is 0 Å². The van der Waals surface area contributed by atoms with Gasteiger partial charge in [-0.1, -0.05) is 34.1 Å². The second-order valence-electron chi connectivity index (χ2n) is 4.03. The molecule has 2 rings (SSSR count). The topological polar surface area (TPSA) is 46.4 Å². The van der Waals surface area contributed by atoms with Crippen molar-refractivity contribution in [3.8, 4) is 0 Å². The van der Waals surface area contributed by atoms with Crippen molar-refractivity contribution in [1.82, 2.24) is 0 Å². The highest BCUT2D eigenvalue weighted by atomic mass is 79.9. The van der Waals surface area contributed by atoms with Crippen molar-refractivity contribution in [2.45, 2.75) is 18.2 Å². The summed E-state index contributed by atoms with van der Waals surface area (Å²) in [7, 11) is 0. The number of hydrogen-bond acceptors (Lipinski definition) is 4. The van der Waals surface area contributed by atoms with Crippen molar-refractivity contribution in [2.75, 3.05) is 6.61 Å². The van der Waals surface area contributed by atoms with Gasteiger partial charge in [-0.3, -0.25) is 4.79 Å². The lowest BCUT2D eigenvalue weighted by Gasteiger charge is -2.05. The average molecular weight is 355 g/mol. The Hall–Kier alpha value is -1.40. The molecular weight excluding hydrogens is 342 g/mol. The lowest BCUT2D eigenvalue weighted by atomic mass is 10.2. The fourth-order valence-corrected chi connectivity index (χ4v) is 3.00. The van der Waals surface area contributed by atoms with Crippen molar-refractivity contribution < 1.29 is 13.7 Å². The number of nitrogens with zero attached hydrogens (tertiary/aromatic N) is 1. The molecule has 1 aliphatic heterocycles. The van der Waals surface area contributed by atoms with Gasteiger partial charge in [0.1, 0.15) is 10.6 Å². The third-order valence-electron chi connectivity index (χ3n) is 2.56. The fraction of sp³-hybridized carbons (Fsp3) is 0.214. The van der Waals surface area contributed by atoms with Crippen molar-refractivity contribution in [3.63, 3.8) is 0 Å². The number of ether oxygens (including phenoxy) is 1. The number of carbonyl (C=O) groups is 1. The van der Waals surface area contributed by atoms with E-state index < -0.39 is 5.97 Å². The molecule has 0 saturated heterocycles. The summed E-state index contributed by atoms with van der Waals surface area (Å²) in [5.41, 5.74) is 1.31. The van der Waals surface area contributed by atoms with Gasteiger partial charge in [-0.2, -0.15) is 0 Å². The standard InChI is InChI=1S/C14H13BrNO3S/c1-2-19-14(17)9-12-8-11(15)7-10-5-3-4-6-13(10)20-16(12)18/h3-8H,2,9H2,1H3/q+1/b11-7+,12-8-. The Kier molecular flexibility index (Phi) is 5.14. The van der Waals surface area contributed by atoms with Crippen LogP contribution in [0.15, 0.2) is 45.4 Å². The number of benzene rings is 1. The molecule has 104 valence electrons. The summed E-state index contributed by atoms with van der Waals surface area (Å²) in [5.74, 6) is -0.408. The highest BCUT2D eigenvalue weighted by Crippen LogP contribution is 2.32.